The fourth-order valence-corrected chi connectivity index (χ4v) is 2.64. The maximum atomic E-state index is 11.3. The molecule has 0 spiro atoms. The molecule has 2 aromatic carbocycles. The van der Waals surface area contributed by atoms with Crippen LogP contribution in [0.3, 0.4) is 0 Å². The van der Waals surface area contributed by atoms with E-state index in [0.717, 1.165) is 16.8 Å². The van der Waals surface area contributed by atoms with Gasteiger partial charge in [-0.2, -0.15) is 0 Å². The fourth-order valence-electron chi connectivity index (χ4n) is 2.64. The van der Waals surface area contributed by atoms with Gasteiger partial charge in [0.15, 0.2) is 0 Å². The first-order valence-electron chi connectivity index (χ1n) is 6.52. The summed E-state index contributed by atoms with van der Waals surface area (Å²) in [5, 5.41) is 11.9. The Morgan fingerprint density at radius 2 is 1.86 bits per heavy atom. The van der Waals surface area contributed by atoms with E-state index in [4.69, 9.17) is 4.74 Å². The Morgan fingerprint density at radius 1 is 1.14 bits per heavy atom. The lowest BCUT2D eigenvalue weighted by atomic mass is 10.1. The molecule has 1 heterocycles. The van der Waals surface area contributed by atoms with E-state index in [0.29, 0.717) is 16.7 Å². The molecule has 5 nitrogen and oxygen atoms in total. The predicted octanol–water partition coefficient (Wildman–Crippen LogP) is 4.06. The van der Waals surface area contributed by atoms with Crippen LogP contribution in [-0.2, 0) is 0 Å². The minimum Gasteiger partial charge on any atom is -0.495 e. The summed E-state index contributed by atoms with van der Waals surface area (Å²) in [6.07, 6.45) is 0. The first-order chi connectivity index (χ1) is 10.1. The predicted molar refractivity (Wildman–Crippen MR) is 81.7 cm³/mol. The molecule has 0 aliphatic carbocycles. The number of nitro benzene ring substituents is 1. The van der Waals surface area contributed by atoms with Gasteiger partial charge in [0.2, 0.25) is 0 Å². The largest absolute Gasteiger partial charge is 0.495 e. The number of nitro groups is 1. The Bertz CT molecular complexity index is 822. The highest BCUT2D eigenvalue weighted by molar-refractivity contribution is 6.00. The van der Waals surface area contributed by atoms with Crippen molar-refractivity contribution >= 4 is 16.6 Å². The summed E-state index contributed by atoms with van der Waals surface area (Å²) in [6.45, 7) is 1.88. The molecule has 21 heavy (non-hydrogen) atoms. The molecule has 5 heteroatoms. The van der Waals surface area contributed by atoms with Crippen LogP contribution in [0, 0.1) is 17.0 Å². The molecule has 0 saturated carbocycles. The van der Waals surface area contributed by atoms with Crippen molar-refractivity contribution in [3.8, 4) is 17.0 Å². The highest BCUT2D eigenvalue weighted by Crippen LogP contribution is 2.39. The van der Waals surface area contributed by atoms with Crippen LogP contribution in [0.4, 0.5) is 5.69 Å². The average Bonchev–Trinajstić information content (AvgIpc) is 2.85. The van der Waals surface area contributed by atoms with Gasteiger partial charge in [-0.25, -0.2) is 0 Å². The van der Waals surface area contributed by atoms with E-state index in [2.05, 4.69) is 4.98 Å². The second-order valence-electron chi connectivity index (χ2n) is 4.79. The average molecular weight is 282 g/mol. The van der Waals surface area contributed by atoms with Crippen LogP contribution in [0.15, 0.2) is 42.5 Å². The van der Waals surface area contributed by atoms with E-state index in [9.17, 15) is 10.1 Å². The first kappa shape index (κ1) is 13.2. The number of aromatic amines is 1. The number of rotatable bonds is 3. The summed E-state index contributed by atoms with van der Waals surface area (Å²) in [5.41, 5.74) is 3.45. The van der Waals surface area contributed by atoms with E-state index >= 15 is 0 Å². The molecular weight excluding hydrogens is 268 g/mol. The molecule has 0 atom stereocenters. The minimum atomic E-state index is -0.364. The molecule has 0 aliphatic rings. The number of hydrogen-bond donors (Lipinski definition) is 1. The number of ether oxygens (including phenoxy) is 1. The van der Waals surface area contributed by atoms with Crippen LogP contribution < -0.4 is 4.74 Å². The summed E-state index contributed by atoms with van der Waals surface area (Å²) < 4.78 is 5.31. The molecule has 0 bridgehead atoms. The third kappa shape index (κ3) is 2.03. The number of nitrogens with zero attached hydrogens (tertiary/aromatic N) is 1. The number of nitrogens with one attached hydrogen (secondary N) is 1. The second-order valence-corrected chi connectivity index (χ2v) is 4.79. The van der Waals surface area contributed by atoms with Crippen molar-refractivity contribution in [2.75, 3.05) is 7.11 Å². The Hall–Kier alpha value is -2.82. The van der Waals surface area contributed by atoms with Gasteiger partial charge in [0, 0.05) is 11.8 Å². The van der Waals surface area contributed by atoms with E-state index in [-0.39, 0.29) is 10.6 Å². The smallest absolute Gasteiger partial charge is 0.279 e. The van der Waals surface area contributed by atoms with Gasteiger partial charge in [-0.3, -0.25) is 10.1 Å². The molecule has 0 fully saturated rings. The topological polar surface area (TPSA) is 68.2 Å². The van der Waals surface area contributed by atoms with Gasteiger partial charge < -0.3 is 9.72 Å². The fraction of sp³-hybridized carbons (Fsp3) is 0.125. The van der Waals surface area contributed by atoms with Crippen LogP contribution >= 0.6 is 0 Å². The summed E-state index contributed by atoms with van der Waals surface area (Å²) in [4.78, 5) is 14.2. The molecule has 1 N–H and O–H groups in total. The van der Waals surface area contributed by atoms with Gasteiger partial charge in [-0.05, 0) is 24.1 Å². The third-order valence-electron chi connectivity index (χ3n) is 3.62. The molecule has 3 aromatic rings. The van der Waals surface area contributed by atoms with Gasteiger partial charge in [0.25, 0.3) is 5.69 Å². The lowest BCUT2D eigenvalue weighted by Gasteiger charge is -2.02. The molecule has 3 rings (SSSR count). The molecule has 0 unspecified atom stereocenters. The molecule has 1 aromatic heterocycles. The summed E-state index contributed by atoms with van der Waals surface area (Å²) in [7, 11) is 1.55. The van der Waals surface area contributed by atoms with Crippen molar-refractivity contribution in [3.05, 3.63) is 58.1 Å². The molecule has 0 amide bonds. The number of H-pyrrole nitrogens is 1. The second kappa shape index (κ2) is 4.94. The van der Waals surface area contributed by atoms with Crippen molar-refractivity contribution in [2.45, 2.75) is 6.92 Å². The SMILES string of the molecule is COc1ccc([N+](=O)[O-])c2c(C)c(-c3ccccc3)[nH]c12. The van der Waals surface area contributed by atoms with Crippen LogP contribution in [0.5, 0.6) is 5.75 Å². The van der Waals surface area contributed by atoms with Gasteiger partial charge in [-0.1, -0.05) is 30.3 Å². The number of benzene rings is 2. The van der Waals surface area contributed by atoms with Crippen LogP contribution in [0.2, 0.25) is 0 Å². The molecular formula is C16H14N2O3. The van der Waals surface area contributed by atoms with Gasteiger partial charge >= 0.3 is 0 Å². The zero-order chi connectivity index (χ0) is 15.0. The molecule has 106 valence electrons. The Morgan fingerprint density at radius 3 is 2.48 bits per heavy atom. The standard InChI is InChI=1S/C16H14N2O3/c1-10-14-12(18(19)20)8-9-13(21-2)16(14)17-15(10)11-6-4-3-5-7-11/h3-9,17H,1-2H3. The first-order valence-corrected chi connectivity index (χ1v) is 6.52. The number of methoxy groups -OCH3 is 1. The highest BCUT2D eigenvalue weighted by Gasteiger charge is 2.21. The molecule has 0 radical (unpaired) electrons. The Labute approximate surface area is 121 Å². The van der Waals surface area contributed by atoms with Crippen molar-refractivity contribution in [3.63, 3.8) is 0 Å². The lowest BCUT2D eigenvalue weighted by Crippen LogP contribution is -1.91. The van der Waals surface area contributed by atoms with Crippen molar-refractivity contribution in [2.24, 2.45) is 0 Å². The maximum absolute atomic E-state index is 11.3. The lowest BCUT2D eigenvalue weighted by molar-refractivity contribution is -0.383. The van der Waals surface area contributed by atoms with Crippen LogP contribution in [0.1, 0.15) is 5.56 Å². The minimum absolute atomic E-state index is 0.0849. The highest BCUT2D eigenvalue weighted by atomic mass is 16.6. The summed E-state index contributed by atoms with van der Waals surface area (Å²) >= 11 is 0. The number of fused-ring (bicyclic) bond motifs is 1. The van der Waals surface area contributed by atoms with Crippen molar-refractivity contribution in [1.82, 2.24) is 4.98 Å². The maximum Gasteiger partial charge on any atom is 0.279 e. The van der Waals surface area contributed by atoms with Crippen molar-refractivity contribution < 1.29 is 9.66 Å². The zero-order valence-electron chi connectivity index (χ0n) is 11.7. The quantitative estimate of drug-likeness (QED) is 0.581. The van der Waals surface area contributed by atoms with Crippen molar-refractivity contribution in [1.29, 1.82) is 0 Å². The van der Waals surface area contributed by atoms with Gasteiger partial charge in [-0.15, -0.1) is 0 Å². The monoisotopic (exact) mass is 282 g/mol. The zero-order valence-corrected chi connectivity index (χ0v) is 11.7. The number of aryl methyl sites for hydroxylation is 1. The summed E-state index contributed by atoms with van der Waals surface area (Å²) in [5.74, 6) is 0.598. The van der Waals surface area contributed by atoms with E-state index in [1.165, 1.54) is 6.07 Å². The summed E-state index contributed by atoms with van der Waals surface area (Å²) in [6, 6.07) is 12.8. The van der Waals surface area contributed by atoms with Gasteiger partial charge in [0.1, 0.15) is 5.75 Å². The van der Waals surface area contributed by atoms with Crippen LogP contribution in [0.25, 0.3) is 22.2 Å². The van der Waals surface area contributed by atoms with Gasteiger partial charge in [0.05, 0.1) is 22.9 Å². The Kier molecular flexibility index (Phi) is 3.10. The number of hydrogen-bond acceptors (Lipinski definition) is 3. The van der Waals surface area contributed by atoms with E-state index in [1.54, 1.807) is 13.2 Å². The molecule has 0 aliphatic heterocycles. The van der Waals surface area contributed by atoms with Crippen LogP contribution in [-0.4, -0.2) is 17.0 Å². The Balaban J connectivity index is 2.38. The third-order valence-corrected chi connectivity index (χ3v) is 3.62. The number of aromatic nitrogens is 1. The number of non-ortho nitro benzene ring substituents is 1. The van der Waals surface area contributed by atoms with E-state index < -0.39 is 0 Å². The molecule has 0 saturated heterocycles. The van der Waals surface area contributed by atoms with E-state index in [1.807, 2.05) is 37.3 Å². The normalized spacial score (nSPS) is 10.8.